The van der Waals surface area contributed by atoms with Crippen molar-refractivity contribution in [3.05, 3.63) is 0 Å². The van der Waals surface area contributed by atoms with Crippen molar-refractivity contribution in [1.29, 1.82) is 0 Å². The van der Waals surface area contributed by atoms with Crippen LogP contribution in [0.5, 0.6) is 0 Å². The SMILES string of the molecule is CCCC(C)C(=O)CCCCCOCCCCCCCNC(=O)C(C)C. The number of hydrogen-bond donors (Lipinski definition) is 1. The molecule has 0 fully saturated rings. The van der Waals surface area contributed by atoms with E-state index in [4.69, 9.17) is 4.74 Å². The molecule has 0 bridgehead atoms. The molecule has 0 saturated carbocycles. The van der Waals surface area contributed by atoms with E-state index in [9.17, 15) is 9.59 Å². The Kier molecular flexibility index (Phi) is 16.9. The number of ether oxygens (including phenoxy) is 1. The van der Waals surface area contributed by atoms with Crippen LogP contribution in [0.2, 0.25) is 0 Å². The van der Waals surface area contributed by atoms with Crippen molar-refractivity contribution in [1.82, 2.24) is 5.32 Å². The molecule has 0 aliphatic rings. The third-order valence-electron chi connectivity index (χ3n) is 4.77. The lowest BCUT2D eigenvalue weighted by molar-refractivity contribution is -0.124. The average Bonchev–Trinajstić information content (AvgIpc) is 2.61. The summed E-state index contributed by atoms with van der Waals surface area (Å²) in [5, 5.41) is 2.95. The molecule has 0 radical (unpaired) electrons. The highest BCUT2D eigenvalue weighted by atomic mass is 16.5. The average molecular weight is 370 g/mol. The van der Waals surface area contributed by atoms with Crippen molar-refractivity contribution in [2.75, 3.05) is 19.8 Å². The van der Waals surface area contributed by atoms with Crippen LogP contribution in [0.15, 0.2) is 0 Å². The normalized spacial score (nSPS) is 12.3. The van der Waals surface area contributed by atoms with Crippen molar-refractivity contribution in [3.8, 4) is 0 Å². The predicted molar refractivity (Wildman–Crippen MR) is 109 cm³/mol. The number of hydrogen-bond acceptors (Lipinski definition) is 3. The number of ketones is 1. The molecule has 0 aliphatic carbocycles. The smallest absolute Gasteiger partial charge is 0.222 e. The van der Waals surface area contributed by atoms with E-state index in [1.165, 1.54) is 19.3 Å². The van der Waals surface area contributed by atoms with Gasteiger partial charge < -0.3 is 10.1 Å². The summed E-state index contributed by atoms with van der Waals surface area (Å²) < 4.78 is 5.67. The number of amides is 1. The van der Waals surface area contributed by atoms with Gasteiger partial charge in [0.15, 0.2) is 0 Å². The number of unbranched alkanes of at least 4 members (excludes halogenated alkanes) is 6. The summed E-state index contributed by atoms with van der Waals surface area (Å²) in [6.07, 6.45) is 11.8. The highest BCUT2D eigenvalue weighted by molar-refractivity contribution is 5.80. The minimum Gasteiger partial charge on any atom is -0.381 e. The van der Waals surface area contributed by atoms with Gasteiger partial charge in [-0.2, -0.15) is 0 Å². The third-order valence-corrected chi connectivity index (χ3v) is 4.77. The standard InChI is InChI=1S/C22H43NO3/c1-5-14-20(4)21(24)15-10-9-13-18-26-17-12-8-6-7-11-16-23-22(25)19(2)3/h19-20H,5-18H2,1-4H3,(H,23,25). The van der Waals surface area contributed by atoms with E-state index < -0.39 is 0 Å². The van der Waals surface area contributed by atoms with Gasteiger partial charge in [-0.3, -0.25) is 9.59 Å². The van der Waals surface area contributed by atoms with Crippen molar-refractivity contribution < 1.29 is 14.3 Å². The molecule has 1 N–H and O–H groups in total. The van der Waals surface area contributed by atoms with E-state index in [1.807, 2.05) is 13.8 Å². The van der Waals surface area contributed by atoms with Gasteiger partial charge in [0.1, 0.15) is 5.78 Å². The third kappa shape index (κ3) is 15.4. The fourth-order valence-electron chi connectivity index (χ4n) is 2.90. The summed E-state index contributed by atoms with van der Waals surface area (Å²) in [5.74, 6) is 0.898. The number of carbonyl (C=O) groups is 2. The van der Waals surface area contributed by atoms with Crippen LogP contribution in [-0.2, 0) is 14.3 Å². The van der Waals surface area contributed by atoms with Gasteiger partial charge in [-0.05, 0) is 32.1 Å². The predicted octanol–water partition coefficient (Wildman–Crippen LogP) is 5.29. The van der Waals surface area contributed by atoms with Crippen LogP contribution >= 0.6 is 0 Å². The zero-order chi connectivity index (χ0) is 19.6. The molecule has 26 heavy (non-hydrogen) atoms. The maximum Gasteiger partial charge on any atom is 0.222 e. The van der Waals surface area contributed by atoms with Gasteiger partial charge in [-0.15, -0.1) is 0 Å². The second kappa shape index (κ2) is 17.5. The van der Waals surface area contributed by atoms with E-state index in [0.29, 0.717) is 5.78 Å². The summed E-state index contributed by atoms with van der Waals surface area (Å²) in [5.41, 5.74) is 0. The van der Waals surface area contributed by atoms with Gasteiger partial charge in [0.25, 0.3) is 0 Å². The van der Waals surface area contributed by atoms with Crippen LogP contribution in [0.1, 0.15) is 98.3 Å². The molecule has 4 heteroatoms. The van der Waals surface area contributed by atoms with Crippen LogP contribution < -0.4 is 5.32 Å². The maximum atomic E-state index is 11.8. The molecule has 0 aromatic rings. The molecule has 1 unspecified atom stereocenters. The van der Waals surface area contributed by atoms with Gasteiger partial charge >= 0.3 is 0 Å². The molecule has 0 rings (SSSR count). The van der Waals surface area contributed by atoms with Crippen LogP contribution in [0.25, 0.3) is 0 Å². The van der Waals surface area contributed by atoms with E-state index >= 15 is 0 Å². The highest BCUT2D eigenvalue weighted by Gasteiger charge is 2.10. The van der Waals surface area contributed by atoms with Crippen molar-refractivity contribution in [3.63, 3.8) is 0 Å². The first-order chi connectivity index (χ1) is 12.5. The van der Waals surface area contributed by atoms with Crippen LogP contribution in [0, 0.1) is 11.8 Å². The van der Waals surface area contributed by atoms with Gasteiger partial charge in [-0.1, -0.05) is 59.8 Å². The lowest BCUT2D eigenvalue weighted by atomic mass is 9.97. The molecule has 0 aromatic carbocycles. The Morgan fingerprint density at radius 2 is 1.42 bits per heavy atom. The molecule has 0 heterocycles. The zero-order valence-corrected chi connectivity index (χ0v) is 17.8. The molecular formula is C22H43NO3. The molecule has 1 atom stereocenters. The monoisotopic (exact) mass is 369 g/mol. The number of carbonyl (C=O) groups excluding carboxylic acids is 2. The number of Topliss-reactive ketones (excluding diaryl/α,β-unsaturated/α-hetero) is 1. The molecule has 4 nitrogen and oxygen atoms in total. The summed E-state index contributed by atoms with van der Waals surface area (Å²) in [6, 6.07) is 0. The second-order valence-corrected chi connectivity index (χ2v) is 7.79. The van der Waals surface area contributed by atoms with Crippen LogP contribution in [0.3, 0.4) is 0 Å². The molecule has 0 aromatic heterocycles. The Labute approximate surface area is 161 Å². The lowest BCUT2D eigenvalue weighted by Crippen LogP contribution is -2.28. The summed E-state index contributed by atoms with van der Waals surface area (Å²) in [7, 11) is 0. The van der Waals surface area contributed by atoms with E-state index in [1.54, 1.807) is 0 Å². The molecule has 1 amide bonds. The topological polar surface area (TPSA) is 55.4 Å². The minimum atomic E-state index is 0.0808. The Morgan fingerprint density at radius 3 is 2.04 bits per heavy atom. The van der Waals surface area contributed by atoms with Gasteiger partial charge in [0, 0.05) is 38.0 Å². The quantitative estimate of drug-likeness (QED) is 0.334. The molecule has 0 saturated heterocycles. The van der Waals surface area contributed by atoms with Crippen LogP contribution in [-0.4, -0.2) is 31.4 Å². The first-order valence-corrected chi connectivity index (χ1v) is 10.9. The molecule has 0 aliphatic heterocycles. The molecule has 0 spiro atoms. The number of nitrogens with one attached hydrogen (secondary N) is 1. The fraction of sp³-hybridized carbons (Fsp3) is 0.909. The van der Waals surface area contributed by atoms with E-state index in [0.717, 1.165) is 71.1 Å². The van der Waals surface area contributed by atoms with Crippen LogP contribution in [0.4, 0.5) is 0 Å². The Hall–Kier alpha value is -0.900. The van der Waals surface area contributed by atoms with Crippen molar-refractivity contribution >= 4 is 11.7 Å². The van der Waals surface area contributed by atoms with Gasteiger partial charge in [-0.25, -0.2) is 0 Å². The summed E-state index contributed by atoms with van der Waals surface area (Å²) in [6.45, 7) is 10.5. The Balaban J connectivity index is 3.22. The van der Waals surface area contributed by atoms with Gasteiger partial charge in [0.05, 0.1) is 0 Å². The Bertz CT molecular complexity index is 355. The summed E-state index contributed by atoms with van der Waals surface area (Å²) >= 11 is 0. The highest BCUT2D eigenvalue weighted by Crippen LogP contribution is 2.12. The summed E-state index contributed by atoms with van der Waals surface area (Å²) in [4.78, 5) is 23.2. The largest absolute Gasteiger partial charge is 0.381 e. The molecule has 154 valence electrons. The van der Waals surface area contributed by atoms with Crippen molar-refractivity contribution in [2.24, 2.45) is 11.8 Å². The van der Waals surface area contributed by atoms with Crippen molar-refractivity contribution in [2.45, 2.75) is 98.3 Å². The van der Waals surface area contributed by atoms with E-state index in [2.05, 4.69) is 19.2 Å². The first kappa shape index (κ1) is 25.1. The minimum absolute atomic E-state index is 0.0808. The number of rotatable bonds is 18. The maximum absolute atomic E-state index is 11.8. The zero-order valence-electron chi connectivity index (χ0n) is 17.8. The fourth-order valence-corrected chi connectivity index (χ4v) is 2.90. The first-order valence-electron chi connectivity index (χ1n) is 10.9. The second-order valence-electron chi connectivity index (χ2n) is 7.79. The van der Waals surface area contributed by atoms with E-state index in [-0.39, 0.29) is 17.7 Å². The molecular weight excluding hydrogens is 326 g/mol. The lowest BCUT2D eigenvalue weighted by Gasteiger charge is -2.09. The Morgan fingerprint density at radius 1 is 0.846 bits per heavy atom. The van der Waals surface area contributed by atoms with Gasteiger partial charge in [0.2, 0.25) is 5.91 Å².